The molecule has 6 nitrogen and oxygen atoms in total. The van der Waals surface area contributed by atoms with Crippen LogP contribution in [0.5, 0.6) is 0 Å². The molecule has 2 heterocycles. The van der Waals surface area contributed by atoms with E-state index >= 15 is 0 Å². The minimum atomic E-state index is -3.83. The normalized spacial score (nSPS) is 11.8. The number of hydrogen-bond donors (Lipinski definition) is 1. The van der Waals surface area contributed by atoms with Gasteiger partial charge in [-0.2, -0.15) is 5.10 Å². The quantitative estimate of drug-likeness (QED) is 0.828. The molecular weight excluding hydrogens is 368 g/mol. The maximum atomic E-state index is 12.3. The lowest BCUT2D eigenvalue weighted by atomic mass is 10.4. The van der Waals surface area contributed by atoms with E-state index in [-0.39, 0.29) is 16.1 Å². The molecule has 2 aromatic heterocycles. The zero-order valence-electron chi connectivity index (χ0n) is 10.7. The average molecular weight is 380 g/mol. The number of sulfonamides is 1. The van der Waals surface area contributed by atoms with E-state index in [2.05, 4.69) is 30.7 Å². The molecule has 1 N–H and O–H groups in total. The van der Waals surface area contributed by atoms with Crippen molar-refractivity contribution in [1.82, 2.24) is 14.8 Å². The molecule has 108 valence electrons. The third-order valence-corrected chi connectivity index (χ3v) is 4.68. The fourth-order valence-corrected chi connectivity index (χ4v) is 3.59. The Balaban J connectivity index is 2.41. The van der Waals surface area contributed by atoms with Crippen LogP contribution in [0.4, 0.5) is 5.82 Å². The molecule has 0 spiro atoms. The van der Waals surface area contributed by atoms with E-state index in [1.807, 2.05) is 13.8 Å². The number of hydrogen-bond acceptors (Lipinski definition) is 4. The summed E-state index contributed by atoms with van der Waals surface area (Å²) in [4.78, 5) is 3.72. The highest BCUT2D eigenvalue weighted by Gasteiger charge is 2.21. The second kappa shape index (κ2) is 5.71. The van der Waals surface area contributed by atoms with Crippen LogP contribution in [0.15, 0.2) is 33.9 Å². The van der Waals surface area contributed by atoms with Gasteiger partial charge in [0.1, 0.15) is 15.9 Å². The fourth-order valence-electron chi connectivity index (χ4n) is 1.59. The molecular formula is C11H12BrClN4O2S. The zero-order valence-corrected chi connectivity index (χ0v) is 13.9. The van der Waals surface area contributed by atoms with Gasteiger partial charge >= 0.3 is 0 Å². The Morgan fingerprint density at radius 2 is 2.15 bits per heavy atom. The number of nitrogens with zero attached hydrogens (tertiary/aromatic N) is 3. The number of pyridine rings is 1. The van der Waals surface area contributed by atoms with Gasteiger partial charge in [-0.25, -0.2) is 18.1 Å². The maximum absolute atomic E-state index is 12.3. The predicted octanol–water partition coefficient (Wildman–Crippen LogP) is 3.08. The van der Waals surface area contributed by atoms with Crippen molar-refractivity contribution in [3.63, 3.8) is 0 Å². The highest BCUT2D eigenvalue weighted by molar-refractivity contribution is 9.10. The first kappa shape index (κ1) is 15.3. The van der Waals surface area contributed by atoms with E-state index in [0.717, 1.165) is 0 Å². The van der Waals surface area contributed by atoms with Crippen LogP contribution in [0, 0.1) is 0 Å². The van der Waals surface area contributed by atoms with Crippen LogP contribution < -0.4 is 4.72 Å². The summed E-state index contributed by atoms with van der Waals surface area (Å²) in [5.74, 6) is 0.371. The first-order chi connectivity index (χ1) is 9.31. The summed E-state index contributed by atoms with van der Waals surface area (Å²) in [7, 11) is -3.83. The molecule has 9 heteroatoms. The van der Waals surface area contributed by atoms with Crippen molar-refractivity contribution >= 4 is 43.4 Å². The number of anilines is 1. The lowest BCUT2D eigenvalue weighted by Crippen LogP contribution is -2.18. The predicted molar refractivity (Wildman–Crippen MR) is 80.4 cm³/mol. The van der Waals surface area contributed by atoms with Crippen LogP contribution in [-0.2, 0) is 10.0 Å². The minimum absolute atomic E-state index is 0.0267. The Morgan fingerprint density at radius 3 is 2.80 bits per heavy atom. The lowest BCUT2D eigenvalue weighted by molar-refractivity contribution is 0.539. The SMILES string of the molecule is CC(C)n1nccc1NS(=O)(=O)c1cc(Br)cnc1Cl. The first-order valence-electron chi connectivity index (χ1n) is 5.68. The Kier molecular flexibility index (Phi) is 4.36. The van der Waals surface area contributed by atoms with Gasteiger partial charge in [0.2, 0.25) is 0 Å². The van der Waals surface area contributed by atoms with Crippen molar-refractivity contribution in [3.8, 4) is 0 Å². The summed E-state index contributed by atoms with van der Waals surface area (Å²) >= 11 is 9.02. The molecule has 0 aromatic carbocycles. The lowest BCUT2D eigenvalue weighted by Gasteiger charge is -2.13. The second-order valence-corrected chi connectivity index (χ2v) is 7.23. The van der Waals surface area contributed by atoms with E-state index < -0.39 is 10.0 Å². The van der Waals surface area contributed by atoms with Gasteiger partial charge in [0, 0.05) is 22.8 Å². The van der Waals surface area contributed by atoms with E-state index in [1.54, 1.807) is 10.7 Å². The van der Waals surface area contributed by atoms with E-state index in [1.165, 1.54) is 18.5 Å². The smallest absolute Gasteiger partial charge is 0.263 e. The van der Waals surface area contributed by atoms with Crippen molar-refractivity contribution in [2.75, 3.05) is 4.72 Å². The average Bonchev–Trinajstić information content (AvgIpc) is 2.79. The molecule has 0 aliphatic rings. The number of halogens is 2. The van der Waals surface area contributed by atoms with E-state index in [9.17, 15) is 8.42 Å². The molecule has 0 atom stereocenters. The third-order valence-electron chi connectivity index (χ3n) is 2.46. The van der Waals surface area contributed by atoms with Crippen molar-refractivity contribution in [2.45, 2.75) is 24.8 Å². The summed E-state index contributed by atoms with van der Waals surface area (Å²) in [5, 5.41) is 3.98. The topological polar surface area (TPSA) is 76.9 Å². The molecule has 0 unspecified atom stereocenters. The van der Waals surface area contributed by atoms with E-state index in [4.69, 9.17) is 11.6 Å². The highest BCUT2D eigenvalue weighted by atomic mass is 79.9. The van der Waals surface area contributed by atoms with E-state index in [0.29, 0.717) is 10.3 Å². The van der Waals surface area contributed by atoms with Gasteiger partial charge in [-0.3, -0.25) is 4.72 Å². The molecule has 0 amide bonds. The number of nitrogens with one attached hydrogen (secondary N) is 1. The van der Waals surface area contributed by atoms with Gasteiger partial charge in [0.15, 0.2) is 0 Å². The summed E-state index contributed by atoms with van der Waals surface area (Å²) in [6.45, 7) is 3.80. The Hall–Kier alpha value is -1.12. The summed E-state index contributed by atoms with van der Waals surface area (Å²) < 4.78 is 29.3. The second-order valence-electron chi connectivity index (χ2n) is 4.30. The first-order valence-corrected chi connectivity index (χ1v) is 8.34. The zero-order chi connectivity index (χ0) is 14.9. The fraction of sp³-hybridized carbons (Fsp3) is 0.273. The van der Waals surface area contributed by atoms with Crippen LogP contribution in [-0.4, -0.2) is 23.2 Å². The largest absolute Gasteiger partial charge is 0.266 e. The van der Waals surface area contributed by atoms with Crippen molar-refractivity contribution in [2.24, 2.45) is 0 Å². The van der Waals surface area contributed by atoms with Gasteiger partial charge in [0.25, 0.3) is 10.0 Å². The molecule has 0 fully saturated rings. The summed E-state index contributed by atoms with van der Waals surface area (Å²) in [6.07, 6.45) is 2.96. The molecule has 2 rings (SSSR count). The maximum Gasteiger partial charge on any atom is 0.266 e. The third kappa shape index (κ3) is 3.13. The number of rotatable bonds is 4. The van der Waals surface area contributed by atoms with Crippen LogP contribution in [0.25, 0.3) is 0 Å². The standard InChI is InChI=1S/C11H12BrClN4O2S/c1-7(2)17-10(3-4-15-17)16-20(18,19)9-5-8(12)6-14-11(9)13/h3-7,16H,1-2H3. The molecule has 0 aliphatic heterocycles. The summed E-state index contributed by atoms with van der Waals surface area (Å²) in [5.41, 5.74) is 0. The minimum Gasteiger partial charge on any atom is -0.263 e. The molecule has 2 aromatic rings. The van der Waals surface area contributed by atoms with Crippen LogP contribution in [0.3, 0.4) is 0 Å². The molecule has 0 aliphatic carbocycles. The molecule has 0 bridgehead atoms. The van der Waals surface area contributed by atoms with Crippen LogP contribution in [0.1, 0.15) is 19.9 Å². The monoisotopic (exact) mass is 378 g/mol. The molecule has 0 radical (unpaired) electrons. The molecule has 0 saturated heterocycles. The molecule has 0 saturated carbocycles. The van der Waals surface area contributed by atoms with Crippen molar-refractivity contribution in [3.05, 3.63) is 34.2 Å². The van der Waals surface area contributed by atoms with Gasteiger partial charge in [-0.05, 0) is 35.8 Å². The number of aromatic nitrogens is 3. The Morgan fingerprint density at radius 1 is 1.45 bits per heavy atom. The van der Waals surface area contributed by atoms with Crippen molar-refractivity contribution in [1.29, 1.82) is 0 Å². The summed E-state index contributed by atoms with van der Waals surface area (Å²) in [6, 6.07) is 3.00. The molecule has 20 heavy (non-hydrogen) atoms. The van der Waals surface area contributed by atoms with Gasteiger partial charge in [-0.15, -0.1) is 0 Å². The van der Waals surface area contributed by atoms with Gasteiger partial charge in [0.05, 0.1) is 6.20 Å². The van der Waals surface area contributed by atoms with Crippen LogP contribution in [0.2, 0.25) is 5.15 Å². The Bertz CT molecular complexity index is 730. The van der Waals surface area contributed by atoms with Gasteiger partial charge < -0.3 is 0 Å². The van der Waals surface area contributed by atoms with Crippen LogP contribution >= 0.6 is 27.5 Å². The highest BCUT2D eigenvalue weighted by Crippen LogP contribution is 2.25. The van der Waals surface area contributed by atoms with Gasteiger partial charge in [-0.1, -0.05) is 11.6 Å². The van der Waals surface area contributed by atoms with Crippen molar-refractivity contribution < 1.29 is 8.42 Å². The Labute approximate surface area is 130 Å².